The van der Waals surface area contributed by atoms with E-state index in [0.717, 1.165) is 69.2 Å². The van der Waals surface area contributed by atoms with E-state index in [2.05, 4.69) is 41.1 Å². The minimum Gasteiger partial charge on any atom is -0.371 e. The van der Waals surface area contributed by atoms with Crippen molar-refractivity contribution in [2.45, 2.75) is 30.8 Å². The number of fused-ring (bicyclic) bond motifs is 1. The Balaban J connectivity index is 1.26. The molecule has 8 nitrogen and oxygen atoms in total. The zero-order chi connectivity index (χ0) is 28.6. The number of amides is 1. The lowest BCUT2D eigenvalue weighted by Gasteiger charge is -2.34. The maximum atomic E-state index is 13.8. The van der Waals surface area contributed by atoms with Gasteiger partial charge in [0.2, 0.25) is 15.9 Å². The van der Waals surface area contributed by atoms with Crippen LogP contribution in [0.1, 0.15) is 30.1 Å². The van der Waals surface area contributed by atoms with Crippen LogP contribution in [0.3, 0.4) is 0 Å². The Morgan fingerprint density at radius 1 is 1.00 bits per heavy atom. The lowest BCUT2D eigenvalue weighted by Crippen LogP contribution is -2.47. The number of nitrogens with one attached hydrogen (secondary N) is 1. The van der Waals surface area contributed by atoms with Crippen LogP contribution in [0.2, 0.25) is 0 Å². The number of benzene rings is 3. The molecule has 6 rings (SSSR count). The van der Waals surface area contributed by atoms with Crippen molar-refractivity contribution in [2.75, 3.05) is 51.3 Å². The molecule has 1 aromatic heterocycles. The van der Waals surface area contributed by atoms with Gasteiger partial charge >= 0.3 is 0 Å². The number of aryl methyl sites for hydroxylation is 1. The molecule has 214 valence electrons. The van der Waals surface area contributed by atoms with Crippen molar-refractivity contribution in [1.82, 2.24) is 14.2 Å². The van der Waals surface area contributed by atoms with Gasteiger partial charge in [0, 0.05) is 54.5 Å². The number of carbonyl (C=O) groups excluding carboxylic acids is 1. The highest BCUT2D eigenvalue weighted by atomic mass is 32.2. The van der Waals surface area contributed by atoms with E-state index >= 15 is 0 Å². The first-order valence-electron chi connectivity index (χ1n) is 14.2. The van der Waals surface area contributed by atoms with Crippen LogP contribution in [0.15, 0.2) is 77.7 Å². The highest BCUT2D eigenvalue weighted by Crippen LogP contribution is 2.36. The second-order valence-electron chi connectivity index (χ2n) is 11.0. The molecular weight excluding hydrogens is 536 g/mol. The monoisotopic (exact) mass is 572 g/mol. The van der Waals surface area contributed by atoms with E-state index in [1.54, 1.807) is 17.0 Å². The summed E-state index contributed by atoms with van der Waals surface area (Å²) in [6.45, 7) is 4.94. The third kappa shape index (κ3) is 5.62. The van der Waals surface area contributed by atoms with Gasteiger partial charge in [-0.15, -0.1) is 0 Å². The van der Waals surface area contributed by atoms with Crippen LogP contribution in [0.5, 0.6) is 0 Å². The first-order valence-corrected chi connectivity index (χ1v) is 15.6. The van der Waals surface area contributed by atoms with Gasteiger partial charge in [-0.3, -0.25) is 4.79 Å². The molecular formula is C32H36N4O4S. The van der Waals surface area contributed by atoms with Gasteiger partial charge in [0.1, 0.15) is 6.10 Å². The average Bonchev–Trinajstić information content (AvgIpc) is 3.67. The van der Waals surface area contributed by atoms with E-state index in [0.29, 0.717) is 19.7 Å². The van der Waals surface area contributed by atoms with Gasteiger partial charge in [-0.1, -0.05) is 42.5 Å². The van der Waals surface area contributed by atoms with Gasteiger partial charge in [-0.2, -0.15) is 4.31 Å². The molecule has 0 unspecified atom stereocenters. The molecule has 2 fully saturated rings. The van der Waals surface area contributed by atoms with E-state index in [9.17, 15) is 13.2 Å². The number of morpholine rings is 1. The summed E-state index contributed by atoms with van der Waals surface area (Å²) in [7, 11) is -2.45. The second-order valence-corrected chi connectivity index (χ2v) is 13.1. The zero-order valence-corrected chi connectivity index (χ0v) is 24.4. The third-order valence-corrected chi connectivity index (χ3v) is 9.94. The number of sulfonamides is 1. The quantitative estimate of drug-likeness (QED) is 0.338. The maximum Gasteiger partial charge on any atom is 0.243 e. The van der Waals surface area contributed by atoms with Crippen LogP contribution in [-0.2, 0) is 19.6 Å². The van der Waals surface area contributed by atoms with Crippen molar-refractivity contribution in [3.63, 3.8) is 0 Å². The molecule has 1 atom stereocenters. The van der Waals surface area contributed by atoms with E-state index in [1.165, 1.54) is 7.05 Å². The van der Waals surface area contributed by atoms with E-state index in [4.69, 9.17) is 4.74 Å². The summed E-state index contributed by atoms with van der Waals surface area (Å²) in [6, 6.07) is 23.4. The summed E-state index contributed by atoms with van der Waals surface area (Å²) in [5.41, 5.74) is 5.92. The van der Waals surface area contributed by atoms with Gasteiger partial charge in [-0.25, -0.2) is 8.42 Å². The number of aromatic amines is 1. The topological polar surface area (TPSA) is 85.9 Å². The molecule has 1 N–H and O–H groups in total. The number of nitrogens with zero attached hydrogens (tertiary/aromatic N) is 3. The minimum atomic E-state index is -3.92. The SMILES string of the molecule is Cc1ccc2cc(-c3cc(S(=O)(=O)N(C)CC(=O)N4CCO[C@@H](c5ccccc5)C4)ccc3N3CCCC3)[nH]c2c1. The van der Waals surface area contributed by atoms with E-state index in [-0.39, 0.29) is 23.5 Å². The normalized spacial score (nSPS) is 18.0. The summed E-state index contributed by atoms with van der Waals surface area (Å²) < 4.78 is 34.6. The van der Waals surface area contributed by atoms with Gasteiger partial charge in [-0.05, 0) is 61.2 Å². The molecule has 41 heavy (non-hydrogen) atoms. The Morgan fingerprint density at radius 2 is 1.78 bits per heavy atom. The molecule has 2 aliphatic rings. The molecule has 2 saturated heterocycles. The summed E-state index contributed by atoms with van der Waals surface area (Å²) in [4.78, 5) is 21.0. The molecule has 3 heterocycles. The van der Waals surface area contributed by atoms with Gasteiger partial charge in [0.05, 0.1) is 24.6 Å². The molecule has 4 aromatic rings. The number of aromatic nitrogens is 1. The Morgan fingerprint density at radius 3 is 2.56 bits per heavy atom. The fourth-order valence-electron chi connectivity index (χ4n) is 5.81. The Bertz CT molecular complexity index is 1660. The summed E-state index contributed by atoms with van der Waals surface area (Å²) in [6.07, 6.45) is 2.00. The zero-order valence-electron chi connectivity index (χ0n) is 23.5. The molecule has 0 spiro atoms. The molecule has 2 aliphatic heterocycles. The second kappa shape index (κ2) is 11.3. The predicted molar refractivity (Wildman–Crippen MR) is 161 cm³/mol. The van der Waals surface area contributed by atoms with E-state index < -0.39 is 10.0 Å². The fourth-order valence-corrected chi connectivity index (χ4v) is 6.96. The van der Waals surface area contributed by atoms with Crippen molar-refractivity contribution in [3.05, 3.63) is 83.9 Å². The molecule has 0 saturated carbocycles. The Kier molecular flexibility index (Phi) is 7.59. The molecule has 3 aromatic carbocycles. The standard InChI is InChI=1S/C32H36N4O4S/c1-23-10-11-25-19-29(33-28(25)18-23)27-20-26(12-13-30(27)35-14-6-7-15-35)41(38,39)34(2)22-32(37)36-16-17-40-31(21-36)24-8-4-3-5-9-24/h3-5,8-13,18-20,31,33H,6-7,14-17,21-22H2,1-2H3/t31-/m1/s1. The maximum absolute atomic E-state index is 13.8. The number of hydrogen-bond acceptors (Lipinski definition) is 5. The van der Waals surface area contributed by atoms with Crippen LogP contribution in [0.25, 0.3) is 22.2 Å². The number of rotatable bonds is 7. The lowest BCUT2D eigenvalue weighted by atomic mass is 10.1. The third-order valence-electron chi connectivity index (χ3n) is 8.14. The summed E-state index contributed by atoms with van der Waals surface area (Å²) >= 11 is 0. The number of likely N-dealkylation sites (N-methyl/N-ethyl adjacent to an activating group) is 1. The van der Waals surface area contributed by atoms with Crippen molar-refractivity contribution < 1.29 is 17.9 Å². The highest BCUT2D eigenvalue weighted by molar-refractivity contribution is 7.89. The van der Waals surface area contributed by atoms with Crippen LogP contribution in [0.4, 0.5) is 5.69 Å². The number of anilines is 1. The molecule has 0 radical (unpaired) electrons. The van der Waals surface area contributed by atoms with Crippen LogP contribution >= 0.6 is 0 Å². The number of H-pyrrole nitrogens is 1. The van der Waals surface area contributed by atoms with Crippen molar-refractivity contribution in [1.29, 1.82) is 0 Å². The fraction of sp³-hybridized carbons (Fsp3) is 0.344. The minimum absolute atomic E-state index is 0.171. The lowest BCUT2D eigenvalue weighted by molar-refractivity contribution is -0.139. The first-order chi connectivity index (χ1) is 19.8. The summed E-state index contributed by atoms with van der Waals surface area (Å²) in [5, 5.41) is 1.08. The number of carbonyl (C=O) groups is 1. The molecule has 0 bridgehead atoms. The van der Waals surface area contributed by atoms with Crippen LogP contribution in [0, 0.1) is 6.92 Å². The molecule has 0 aliphatic carbocycles. The average molecular weight is 573 g/mol. The van der Waals surface area contributed by atoms with Crippen LogP contribution < -0.4 is 4.90 Å². The van der Waals surface area contributed by atoms with Crippen molar-refractivity contribution in [3.8, 4) is 11.3 Å². The van der Waals surface area contributed by atoms with Gasteiger partial charge < -0.3 is 19.5 Å². The molecule has 9 heteroatoms. The Hall–Kier alpha value is -3.66. The summed E-state index contributed by atoms with van der Waals surface area (Å²) in [5.74, 6) is -0.236. The van der Waals surface area contributed by atoms with Crippen molar-refractivity contribution in [2.24, 2.45) is 0 Å². The van der Waals surface area contributed by atoms with Crippen molar-refractivity contribution >= 4 is 32.5 Å². The van der Waals surface area contributed by atoms with Gasteiger partial charge in [0.15, 0.2) is 0 Å². The van der Waals surface area contributed by atoms with Gasteiger partial charge in [0.25, 0.3) is 0 Å². The first kappa shape index (κ1) is 27.5. The van der Waals surface area contributed by atoms with Crippen LogP contribution in [-0.4, -0.2) is 74.9 Å². The Labute approximate surface area is 241 Å². The van der Waals surface area contributed by atoms with E-state index in [1.807, 2.05) is 36.4 Å². The molecule has 1 amide bonds. The highest BCUT2D eigenvalue weighted by Gasteiger charge is 2.30. The number of hydrogen-bond donors (Lipinski definition) is 1. The smallest absolute Gasteiger partial charge is 0.243 e. The number of ether oxygens (including phenoxy) is 1. The predicted octanol–water partition coefficient (Wildman–Crippen LogP) is 4.96. The largest absolute Gasteiger partial charge is 0.371 e.